The van der Waals surface area contributed by atoms with Crippen LogP contribution in [-0.2, 0) is 4.79 Å². The van der Waals surface area contributed by atoms with Crippen LogP contribution in [-0.4, -0.2) is 24.2 Å². The number of nitrogens with one attached hydrogen (secondary N) is 1. The molecule has 3 heteroatoms. The van der Waals surface area contributed by atoms with Crippen LogP contribution in [0.4, 0.5) is 0 Å². The van der Waals surface area contributed by atoms with Crippen molar-refractivity contribution in [3.05, 3.63) is 12.2 Å². The summed E-state index contributed by atoms with van der Waals surface area (Å²) >= 11 is 0. The van der Waals surface area contributed by atoms with Crippen molar-refractivity contribution in [3.63, 3.8) is 0 Å². The van der Waals surface area contributed by atoms with Crippen LogP contribution in [0, 0.1) is 0 Å². The molecule has 2 N–H and O–H groups in total. The third-order valence-corrected chi connectivity index (χ3v) is 2.34. The molecule has 88 valence electrons. The largest absolute Gasteiger partial charge is 0.478 e. The Balaban J connectivity index is 3.11. The molecule has 0 heterocycles. The number of hydrogen-bond acceptors (Lipinski definition) is 2. The highest BCUT2D eigenvalue weighted by Gasteiger charge is 2.02. The average molecular weight is 213 g/mol. The van der Waals surface area contributed by atoms with Crippen LogP contribution < -0.4 is 5.32 Å². The summed E-state index contributed by atoms with van der Waals surface area (Å²) in [5.41, 5.74) is 0.328. The molecule has 0 amide bonds. The van der Waals surface area contributed by atoms with Crippen molar-refractivity contribution in [2.75, 3.05) is 13.1 Å². The Kier molecular flexibility index (Phi) is 9.18. The second kappa shape index (κ2) is 9.71. The van der Waals surface area contributed by atoms with Crippen molar-refractivity contribution in [1.82, 2.24) is 5.32 Å². The molecule has 0 aromatic carbocycles. The topological polar surface area (TPSA) is 49.3 Å². The minimum Gasteiger partial charge on any atom is -0.478 e. The number of carboxylic acid groups (broad SMARTS) is 1. The predicted molar refractivity (Wildman–Crippen MR) is 63.0 cm³/mol. The third kappa shape index (κ3) is 9.47. The molecule has 0 atom stereocenters. The maximum Gasteiger partial charge on any atom is 0.330 e. The molecule has 15 heavy (non-hydrogen) atoms. The second-order valence-electron chi connectivity index (χ2n) is 3.82. The number of aliphatic carboxylic acids is 1. The summed E-state index contributed by atoms with van der Waals surface area (Å²) in [5, 5.41) is 11.9. The van der Waals surface area contributed by atoms with Crippen molar-refractivity contribution in [2.45, 2.75) is 45.4 Å². The first-order valence-electron chi connectivity index (χ1n) is 5.80. The third-order valence-electron chi connectivity index (χ3n) is 2.34. The van der Waals surface area contributed by atoms with Crippen LogP contribution in [0.3, 0.4) is 0 Å². The molecule has 0 saturated heterocycles. The van der Waals surface area contributed by atoms with E-state index >= 15 is 0 Å². The van der Waals surface area contributed by atoms with E-state index in [1.165, 1.54) is 12.8 Å². The molecule has 0 aromatic heterocycles. The fourth-order valence-electron chi connectivity index (χ4n) is 1.30. The molecule has 0 radical (unpaired) electrons. The zero-order valence-corrected chi connectivity index (χ0v) is 9.72. The Hall–Kier alpha value is -0.830. The van der Waals surface area contributed by atoms with Crippen molar-refractivity contribution >= 4 is 5.97 Å². The lowest BCUT2D eigenvalue weighted by atomic mass is 10.1. The molecular weight excluding hydrogens is 190 g/mol. The highest BCUT2D eigenvalue weighted by molar-refractivity contribution is 5.85. The SMILES string of the molecule is C=C(CCCCCNCCCC)C(=O)O. The fraction of sp³-hybridized carbons (Fsp3) is 0.750. The summed E-state index contributed by atoms with van der Waals surface area (Å²) in [4.78, 5) is 10.4. The summed E-state index contributed by atoms with van der Waals surface area (Å²) in [6.45, 7) is 7.81. The van der Waals surface area contributed by atoms with Crippen molar-refractivity contribution in [3.8, 4) is 0 Å². The first-order chi connectivity index (χ1) is 7.18. The molecule has 0 saturated carbocycles. The van der Waals surface area contributed by atoms with Gasteiger partial charge < -0.3 is 10.4 Å². The summed E-state index contributed by atoms with van der Waals surface area (Å²) in [5.74, 6) is -0.865. The minimum atomic E-state index is -0.865. The van der Waals surface area contributed by atoms with Gasteiger partial charge in [-0.25, -0.2) is 4.79 Å². The number of carbonyl (C=O) groups is 1. The molecule has 0 aromatic rings. The van der Waals surface area contributed by atoms with Crippen LogP contribution in [0.25, 0.3) is 0 Å². The van der Waals surface area contributed by atoms with Gasteiger partial charge in [0.05, 0.1) is 0 Å². The lowest BCUT2D eigenvalue weighted by Gasteiger charge is -2.03. The lowest BCUT2D eigenvalue weighted by molar-refractivity contribution is -0.132. The van der Waals surface area contributed by atoms with E-state index in [2.05, 4.69) is 18.8 Å². The maximum atomic E-state index is 10.4. The highest BCUT2D eigenvalue weighted by Crippen LogP contribution is 2.06. The summed E-state index contributed by atoms with van der Waals surface area (Å²) in [6.07, 6.45) is 6.20. The van der Waals surface area contributed by atoms with Gasteiger partial charge in [0.15, 0.2) is 0 Å². The van der Waals surface area contributed by atoms with Gasteiger partial charge in [-0.2, -0.15) is 0 Å². The van der Waals surface area contributed by atoms with Crippen LogP contribution in [0.5, 0.6) is 0 Å². The zero-order valence-electron chi connectivity index (χ0n) is 9.72. The van der Waals surface area contributed by atoms with Gasteiger partial charge in [0.1, 0.15) is 0 Å². The molecular formula is C12H23NO2. The van der Waals surface area contributed by atoms with Gasteiger partial charge in [-0.15, -0.1) is 0 Å². The molecule has 0 spiro atoms. The van der Waals surface area contributed by atoms with E-state index in [1.807, 2.05) is 0 Å². The quantitative estimate of drug-likeness (QED) is 0.433. The molecule has 0 bridgehead atoms. The zero-order chi connectivity index (χ0) is 11.5. The van der Waals surface area contributed by atoms with E-state index in [4.69, 9.17) is 5.11 Å². The van der Waals surface area contributed by atoms with Gasteiger partial charge in [-0.3, -0.25) is 0 Å². The molecule has 0 aliphatic carbocycles. The van der Waals surface area contributed by atoms with Gasteiger partial charge in [-0.1, -0.05) is 26.3 Å². The van der Waals surface area contributed by atoms with Crippen molar-refractivity contribution in [1.29, 1.82) is 0 Å². The molecule has 0 fully saturated rings. The maximum absolute atomic E-state index is 10.4. The van der Waals surface area contributed by atoms with Crippen LogP contribution in [0.2, 0.25) is 0 Å². The van der Waals surface area contributed by atoms with Gasteiger partial charge >= 0.3 is 5.97 Å². The monoisotopic (exact) mass is 213 g/mol. The highest BCUT2D eigenvalue weighted by atomic mass is 16.4. The van der Waals surface area contributed by atoms with Gasteiger partial charge in [-0.05, 0) is 38.8 Å². The van der Waals surface area contributed by atoms with E-state index in [0.29, 0.717) is 12.0 Å². The van der Waals surface area contributed by atoms with Crippen LogP contribution >= 0.6 is 0 Å². The van der Waals surface area contributed by atoms with E-state index in [1.54, 1.807) is 0 Å². The smallest absolute Gasteiger partial charge is 0.330 e. The molecule has 0 aliphatic heterocycles. The second-order valence-corrected chi connectivity index (χ2v) is 3.82. The summed E-state index contributed by atoms with van der Waals surface area (Å²) in [7, 11) is 0. The Morgan fingerprint density at radius 3 is 2.47 bits per heavy atom. The van der Waals surface area contributed by atoms with E-state index in [0.717, 1.165) is 32.4 Å². The number of unbranched alkanes of at least 4 members (excludes halogenated alkanes) is 3. The molecule has 0 rings (SSSR count). The van der Waals surface area contributed by atoms with Crippen molar-refractivity contribution < 1.29 is 9.90 Å². The standard InChI is InChI=1S/C12H23NO2/c1-3-4-9-13-10-7-5-6-8-11(2)12(14)15/h13H,2-10H2,1H3,(H,14,15). The van der Waals surface area contributed by atoms with E-state index in [9.17, 15) is 4.79 Å². The number of rotatable bonds is 10. The van der Waals surface area contributed by atoms with Crippen LogP contribution in [0.15, 0.2) is 12.2 Å². The Morgan fingerprint density at radius 1 is 1.20 bits per heavy atom. The van der Waals surface area contributed by atoms with Gasteiger partial charge in [0, 0.05) is 5.57 Å². The Morgan fingerprint density at radius 2 is 1.87 bits per heavy atom. The normalized spacial score (nSPS) is 10.2. The molecule has 0 unspecified atom stereocenters. The summed E-state index contributed by atoms with van der Waals surface area (Å²) in [6, 6.07) is 0. The predicted octanol–water partition coefficient (Wildman–Crippen LogP) is 2.58. The average Bonchev–Trinajstić information content (AvgIpc) is 2.21. The van der Waals surface area contributed by atoms with Crippen molar-refractivity contribution in [2.24, 2.45) is 0 Å². The van der Waals surface area contributed by atoms with Crippen LogP contribution in [0.1, 0.15) is 45.4 Å². The van der Waals surface area contributed by atoms with Gasteiger partial charge in [0.25, 0.3) is 0 Å². The van der Waals surface area contributed by atoms with E-state index in [-0.39, 0.29) is 0 Å². The number of carboxylic acids is 1. The Bertz CT molecular complexity index is 190. The fourth-order valence-corrected chi connectivity index (χ4v) is 1.30. The summed E-state index contributed by atoms with van der Waals surface area (Å²) < 4.78 is 0. The number of hydrogen-bond donors (Lipinski definition) is 2. The lowest BCUT2D eigenvalue weighted by Crippen LogP contribution is -2.16. The Labute approximate surface area is 92.6 Å². The molecule has 3 nitrogen and oxygen atoms in total. The van der Waals surface area contributed by atoms with Gasteiger partial charge in [0.2, 0.25) is 0 Å². The molecule has 0 aliphatic rings. The first-order valence-corrected chi connectivity index (χ1v) is 5.80. The van der Waals surface area contributed by atoms with E-state index < -0.39 is 5.97 Å². The minimum absolute atomic E-state index is 0.328. The first kappa shape index (κ1) is 14.2.